The number of rotatable bonds is 8. The third-order valence-electron chi connectivity index (χ3n) is 7.19. The first-order valence-electron chi connectivity index (χ1n) is 12.1. The molecule has 2 saturated carbocycles. The van der Waals surface area contributed by atoms with E-state index in [0.717, 1.165) is 32.7 Å². The minimum atomic E-state index is 0.154. The molecule has 1 atom stereocenters. The monoisotopic (exact) mass is 406 g/mol. The molecule has 2 amide bonds. The van der Waals surface area contributed by atoms with Gasteiger partial charge in [-0.05, 0) is 44.4 Å². The van der Waals surface area contributed by atoms with E-state index in [-0.39, 0.29) is 11.8 Å². The zero-order valence-electron chi connectivity index (χ0n) is 18.5. The number of amides is 2. The highest BCUT2D eigenvalue weighted by Crippen LogP contribution is 2.23. The third-order valence-corrected chi connectivity index (χ3v) is 7.19. The van der Waals surface area contributed by atoms with Crippen LogP contribution in [0.1, 0.15) is 71.1 Å². The molecule has 0 aromatic heterocycles. The van der Waals surface area contributed by atoms with Crippen molar-refractivity contribution in [3.05, 3.63) is 0 Å². The SMILES string of the molecule is CC1CN(CC(=O)NCC2CCCCC2)CCN1CC(=O)NCC1CCCCC1. The predicted octanol–water partition coefficient (Wildman–Crippen LogP) is 2.39. The first-order chi connectivity index (χ1) is 14.1. The van der Waals surface area contributed by atoms with Gasteiger partial charge in [-0.1, -0.05) is 38.5 Å². The predicted molar refractivity (Wildman–Crippen MR) is 117 cm³/mol. The average molecular weight is 407 g/mol. The van der Waals surface area contributed by atoms with Crippen molar-refractivity contribution in [1.29, 1.82) is 0 Å². The minimum Gasteiger partial charge on any atom is -0.355 e. The highest BCUT2D eigenvalue weighted by molar-refractivity contribution is 5.78. The summed E-state index contributed by atoms with van der Waals surface area (Å²) < 4.78 is 0. The zero-order valence-corrected chi connectivity index (χ0v) is 18.5. The van der Waals surface area contributed by atoms with Crippen LogP contribution in [0.3, 0.4) is 0 Å². The minimum absolute atomic E-state index is 0.154. The van der Waals surface area contributed by atoms with Crippen molar-refractivity contribution in [1.82, 2.24) is 20.4 Å². The molecule has 1 saturated heterocycles. The molecule has 0 radical (unpaired) electrons. The normalized spacial score (nSPS) is 25.6. The summed E-state index contributed by atoms with van der Waals surface area (Å²) in [4.78, 5) is 29.2. The van der Waals surface area contributed by atoms with Gasteiger partial charge in [-0.25, -0.2) is 0 Å². The molecule has 2 aliphatic carbocycles. The van der Waals surface area contributed by atoms with Crippen molar-refractivity contribution < 1.29 is 9.59 Å². The molecule has 0 bridgehead atoms. The maximum absolute atomic E-state index is 12.4. The molecule has 6 heteroatoms. The number of piperazine rings is 1. The van der Waals surface area contributed by atoms with Crippen molar-refractivity contribution >= 4 is 11.8 Å². The van der Waals surface area contributed by atoms with Crippen LogP contribution in [0.15, 0.2) is 0 Å². The molecule has 29 heavy (non-hydrogen) atoms. The van der Waals surface area contributed by atoms with Gasteiger partial charge in [0, 0.05) is 38.8 Å². The summed E-state index contributed by atoms with van der Waals surface area (Å²) in [6.45, 7) is 7.39. The molecule has 166 valence electrons. The van der Waals surface area contributed by atoms with Gasteiger partial charge in [0.2, 0.25) is 11.8 Å². The lowest BCUT2D eigenvalue weighted by Crippen LogP contribution is -2.56. The zero-order chi connectivity index (χ0) is 20.5. The molecule has 0 aromatic carbocycles. The van der Waals surface area contributed by atoms with Crippen molar-refractivity contribution in [2.75, 3.05) is 45.8 Å². The molecule has 0 aromatic rings. The molecule has 1 heterocycles. The Labute approximate surface area is 177 Å². The summed E-state index contributed by atoms with van der Waals surface area (Å²) >= 11 is 0. The first-order valence-corrected chi connectivity index (χ1v) is 12.1. The highest BCUT2D eigenvalue weighted by Gasteiger charge is 2.26. The fraction of sp³-hybridized carbons (Fsp3) is 0.913. The van der Waals surface area contributed by atoms with Crippen LogP contribution in [-0.4, -0.2) is 73.5 Å². The lowest BCUT2D eigenvalue weighted by molar-refractivity contribution is -0.126. The van der Waals surface area contributed by atoms with Crippen LogP contribution in [0.25, 0.3) is 0 Å². The Morgan fingerprint density at radius 3 is 1.79 bits per heavy atom. The molecule has 1 aliphatic heterocycles. The molecule has 1 unspecified atom stereocenters. The molecule has 3 fully saturated rings. The van der Waals surface area contributed by atoms with E-state index in [1.54, 1.807) is 0 Å². The van der Waals surface area contributed by atoms with Gasteiger partial charge in [-0.15, -0.1) is 0 Å². The standard InChI is InChI=1S/C23H42N4O2/c1-19-16-26(17-22(28)24-14-20-8-4-2-5-9-20)12-13-27(19)18-23(29)25-15-21-10-6-3-7-11-21/h19-21H,2-18H2,1H3,(H,24,28)(H,25,29). The molecule has 6 nitrogen and oxygen atoms in total. The maximum Gasteiger partial charge on any atom is 0.234 e. The molecule has 3 rings (SSSR count). The van der Waals surface area contributed by atoms with Gasteiger partial charge >= 0.3 is 0 Å². The number of hydrogen-bond acceptors (Lipinski definition) is 4. The van der Waals surface area contributed by atoms with Gasteiger partial charge in [0.25, 0.3) is 0 Å². The topological polar surface area (TPSA) is 64.7 Å². The van der Waals surface area contributed by atoms with Gasteiger partial charge in [0.05, 0.1) is 13.1 Å². The Kier molecular flexibility index (Phi) is 9.25. The first kappa shape index (κ1) is 22.5. The molecule has 2 N–H and O–H groups in total. The van der Waals surface area contributed by atoms with E-state index < -0.39 is 0 Å². The highest BCUT2D eigenvalue weighted by atomic mass is 16.2. The molecule has 0 spiro atoms. The van der Waals surface area contributed by atoms with Gasteiger partial charge in [0.1, 0.15) is 0 Å². The third kappa shape index (κ3) is 7.89. The Morgan fingerprint density at radius 1 is 0.759 bits per heavy atom. The molecular formula is C23H42N4O2. The second kappa shape index (κ2) is 11.9. The number of carbonyl (C=O) groups is 2. The fourth-order valence-electron chi connectivity index (χ4n) is 5.25. The van der Waals surface area contributed by atoms with Gasteiger partial charge in [-0.3, -0.25) is 19.4 Å². The van der Waals surface area contributed by atoms with E-state index in [4.69, 9.17) is 0 Å². The Balaban J connectivity index is 1.29. The maximum atomic E-state index is 12.4. The van der Waals surface area contributed by atoms with Gasteiger partial charge in [-0.2, -0.15) is 0 Å². The average Bonchev–Trinajstić information content (AvgIpc) is 2.74. The van der Waals surface area contributed by atoms with E-state index in [2.05, 4.69) is 27.4 Å². The second-order valence-electron chi connectivity index (χ2n) is 9.67. The summed E-state index contributed by atoms with van der Waals surface area (Å²) in [6.07, 6.45) is 13.0. The fourth-order valence-corrected chi connectivity index (χ4v) is 5.25. The van der Waals surface area contributed by atoms with Crippen LogP contribution in [0.5, 0.6) is 0 Å². The summed E-state index contributed by atoms with van der Waals surface area (Å²) in [5, 5.41) is 6.30. The summed E-state index contributed by atoms with van der Waals surface area (Å²) in [5.74, 6) is 1.66. The van der Waals surface area contributed by atoms with Crippen LogP contribution in [0, 0.1) is 11.8 Å². The van der Waals surface area contributed by atoms with E-state index in [9.17, 15) is 9.59 Å². The van der Waals surface area contributed by atoms with Crippen LogP contribution in [0.2, 0.25) is 0 Å². The summed E-state index contributed by atoms with van der Waals surface area (Å²) in [6, 6.07) is 0.301. The number of nitrogens with zero attached hydrogens (tertiary/aromatic N) is 2. The Hall–Kier alpha value is -1.14. The van der Waals surface area contributed by atoms with Crippen molar-refractivity contribution in [3.8, 4) is 0 Å². The quantitative estimate of drug-likeness (QED) is 0.650. The smallest absolute Gasteiger partial charge is 0.234 e. The lowest BCUT2D eigenvalue weighted by atomic mass is 9.89. The Morgan fingerprint density at radius 2 is 1.28 bits per heavy atom. The van der Waals surface area contributed by atoms with Crippen molar-refractivity contribution in [2.24, 2.45) is 11.8 Å². The summed E-state index contributed by atoms with van der Waals surface area (Å²) in [7, 11) is 0. The number of nitrogens with one attached hydrogen (secondary N) is 2. The molecule has 3 aliphatic rings. The van der Waals surface area contributed by atoms with Gasteiger partial charge in [0.15, 0.2) is 0 Å². The van der Waals surface area contributed by atoms with E-state index in [1.165, 1.54) is 64.2 Å². The van der Waals surface area contributed by atoms with Gasteiger partial charge < -0.3 is 10.6 Å². The van der Waals surface area contributed by atoms with Crippen LogP contribution >= 0.6 is 0 Å². The summed E-state index contributed by atoms with van der Waals surface area (Å²) in [5.41, 5.74) is 0. The Bertz CT molecular complexity index is 515. The number of carbonyl (C=O) groups excluding carboxylic acids is 2. The van der Waals surface area contributed by atoms with Crippen molar-refractivity contribution in [3.63, 3.8) is 0 Å². The largest absolute Gasteiger partial charge is 0.355 e. The van der Waals surface area contributed by atoms with Crippen LogP contribution in [-0.2, 0) is 9.59 Å². The van der Waals surface area contributed by atoms with E-state index >= 15 is 0 Å². The number of hydrogen-bond donors (Lipinski definition) is 2. The van der Waals surface area contributed by atoms with E-state index in [1.807, 2.05) is 0 Å². The lowest BCUT2D eigenvalue weighted by Gasteiger charge is -2.39. The van der Waals surface area contributed by atoms with Crippen molar-refractivity contribution in [2.45, 2.75) is 77.2 Å². The van der Waals surface area contributed by atoms with E-state index in [0.29, 0.717) is 31.0 Å². The van der Waals surface area contributed by atoms with Crippen LogP contribution in [0.4, 0.5) is 0 Å². The second-order valence-corrected chi connectivity index (χ2v) is 9.67. The molecular weight excluding hydrogens is 364 g/mol. The van der Waals surface area contributed by atoms with Crippen LogP contribution < -0.4 is 10.6 Å².